The molecule has 32 heavy (non-hydrogen) atoms. The van der Waals surface area contributed by atoms with Crippen molar-refractivity contribution < 1.29 is 9.53 Å². The van der Waals surface area contributed by atoms with Gasteiger partial charge in [-0.1, -0.05) is 30.3 Å². The molecule has 166 valence electrons. The first-order valence-electron chi connectivity index (χ1n) is 11.2. The second-order valence-electron chi connectivity index (χ2n) is 9.42. The molecule has 8 nitrogen and oxygen atoms in total. The number of anilines is 1. The number of nitriles is 1. The van der Waals surface area contributed by atoms with E-state index in [1.54, 1.807) is 0 Å². The van der Waals surface area contributed by atoms with E-state index in [0.29, 0.717) is 36.6 Å². The van der Waals surface area contributed by atoms with E-state index < -0.39 is 0 Å². The number of ether oxygens (including phenoxy) is 1. The summed E-state index contributed by atoms with van der Waals surface area (Å²) in [5, 5.41) is 8.89. The van der Waals surface area contributed by atoms with Crippen molar-refractivity contribution in [3.63, 3.8) is 0 Å². The van der Waals surface area contributed by atoms with Gasteiger partial charge in [0, 0.05) is 50.7 Å². The fourth-order valence-corrected chi connectivity index (χ4v) is 5.27. The van der Waals surface area contributed by atoms with Crippen molar-refractivity contribution in [3.8, 4) is 6.07 Å². The van der Waals surface area contributed by atoms with Gasteiger partial charge in [0.25, 0.3) is 0 Å². The SMILES string of the molecule is C[C@H]1CN(c2ncc(C#N)cn2)CCN1C(=O)OC1CC2(C1)CN(Cc1ccccc1)C2. The highest BCUT2D eigenvalue weighted by Crippen LogP contribution is 2.50. The summed E-state index contributed by atoms with van der Waals surface area (Å²) < 4.78 is 5.83. The Labute approximate surface area is 188 Å². The first kappa shape index (κ1) is 20.7. The highest BCUT2D eigenvalue weighted by atomic mass is 16.6. The molecule has 0 bridgehead atoms. The van der Waals surface area contributed by atoms with E-state index >= 15 is 0 Å². The molecule has 0 radical (unpaired) electrons. The van der Waals surface area contributed by atoms with Crippen LogP contribution in [0.15, 0.2) is 42.7 Å². The molecule has 2 aromatic rings. The van der Waals surface area contributed by atoms with E-state index in [9.17, 15) is 4.79 Å². The predicted molar refractivity (Wildman–Crippen MR) is 119 cm³/mol. The summed E-state index contributed by atoms with van der Waals surface area (Å²) in [6.07, 6.45) is 4.82. The molecule has 0 unspecified atom stereocenters. The molecule has 1 aliphatic carbocycles. The Morgan fingerprint density at radius 3 is 2.56 bits per heavy atom. The normalized spacial score (nSPS) is 22.7. The van der Waals surface area contributed by atoms with Gasteiger partial charge in [0.1, 0.15) is 12.2 Å². The van der Waals surface area contributed by atoms with E-state index in [-0.39, 0.29) is 18.2 Å². The van der Waals surface area contributed by atoms with Crippen molar-refractivity contribution in [1.29, 1.82) is 5.26 Å². The third kappa shape index (κ3) is 4.13. The number of carbonyl (C=O) groups is 1. The van der Waals surface area contributed by atoms with E-state index in [2.05, 4.69) is 39.1 Å². The Morgan fingerprint density at radius 2 is 1.91 bits per heavy atom. The summed E-state index contributed by atoms with van der Waals surface area (Å²) in [5.74, 6) is 0.592. The molecule has 5 rings (SSSR count). The van der Waals surface area contributed by atoms with Crippen LogP contribution in [-0.4, -0.2) is 70.7 Å². The molecule has 2 saturated heterocycles. The zero-order chi connectivity index (χ0) is 22.1. The first-order valence-corrected chi connectivity index (χ1v) is 11.2. The smallest absolute Gasteiger partial charge is 0.410 e. The van der Waals surface area contributed by atoms with Crippen LogP contribution in [0, 0.1) is 16.7 Å². The van der Waals surface area contributed by atoms with E-state index in [0.717, 1.165) is 32.5 Å². The number of benzene rings is 1. The number of likely N-dealkylation sites (tertiary alicyclic amines) is 1. The van der Waals surface area contributed by atoms with Crippen molar-refractivity contribution >= 4 is 12.0 Å². The third-order valence-electron chi connectivity index (χ3n) is 6.87. The standard InChI is InChI=1S/C24H28N6O2/c1-18-14-29(22-26-12-20(11-25)13-27-22)7-8-30(18)23(31)32-21-9-24(10-21)16-28(17-24)15-19-5-3-2-4-6-19/h2-6,12-13,18,21H,7-10,14-17H2,1H3/t18-/m0/s1. The van der Waals surface area contributed by atoms with Crippen LogP contribution in [0.4, 0.5) is 10.7 Å². The lowest BCUT2D eigenvalue weighted by Gasteiger charge is -2.58. The molecule has 3 heterocycles. The Bertz CT molecular complexity index is 991. The second kappa shape index (κ2) is 8.40. The minimum absolute atomic E-state index is 0.00889. The predicted octanol–water partition coefficient (Wildman–Crippen LogP) is 2.66. The monoisotopic (exact) mass is 432 g/mol. The fourth-order valence-electron chi connectivity index (χ4n) is 5.27. The lowest BCUT2D eigenvalue weighted by Crippen LogP contribution is -2.64. The topological polar surface area (TPSA) is 85.6 Å². The molecule has 2 aliphatic heterocycles. The van der Waals surface area contributed by atoms with Gasteiger partial charge in [-0.05, 0) is 25.3 Å². The summed E-state index contributed by atoms with van der Waals surface area (Å²) in [5.41, 5.74) is 2.14. The summed E-state index contributed by atoms with van der Waals surface area (Å²) in [6.45, 7) is 7.07. The fraction of sp³-hybridized carbons (Fsp3) is 0.500. The second-order valence-corrected chi connectivity index (χ2v) is 9.42. The maximum absolute atomic E-state index is 12.8. The molecule has 3 aliphatic rings. The van der Waals surface area contributed by atoms with E-state index in [1.165, 1.54) is 18.0 Å². The Kier molecular flexibility index (Phi) is 5.43. The van der Waals surface area contributed by atoms with Gasteiger partial charge < -0.3 is 14.5 Å². The van der Waals surface area contributed by atoms with Gasteiger partial charge >= 0.3 is 6.09 Å². The van der Waals surface area contributed by atoms with Gasteiger partial charge in [0.15, 0.2) is 0 Å². The minimum Gasteiger partial charge on any atom is -0.446 e. The molecule has 1 atom stereocenters. The minimum atomic E-state index is -0.210. The number of nitrogens with zero attached hydrogens (tertiary/aromatic N) is 6. The number of hydrogen-bond acceptors (Lipinski definition) is 7. The molecular weight excluding hydrogens is 404 g/mol. The van der Waals surface area contributed by atoms with Crippen LogP contribution in [0.25, 0.3) is 0 Å². The van der Waals surface area contributed by atoms with Crippen molar-refractivity contribution in [3.05, 3.63) is 53.9 Å². The largest absolute Gasteiger partial charge is 0.446 e. The summed E-state index contributed by atoms with van der Waals surface area (Å²) >= 11 is 0. The Morgan fingerprint density at radius 1 is 1.19 bits per heavy atom. The molecule has 3 fully saturated rings. The molecule has 1 amide bonds. The van der Waals surface area contributed by atoms with Crippen LogP contribution in [-0.2, 0) is 11.3 Å². The number of rotatable bonds is 4. The van der Waals surface area contributed by atoms with Crippen molar-refractivity contribution in [2.24, 2.45) is 5.41 Å². The molecular formula is C24H28N6O2. The van der Waals surface area contributed by atoms with Crippen LogP contribution < -0.4 is 4.90 Å². The number of hydrogen-bond donors (Lipinski definition) is 0. The molecule has 1 aromatic heterocycles. The molecule has 0 N–H and O–H groups in total. The number of piperazine rings is 1. The van der Waals surface area contributed by atoms with Gasteiger partial charge in [-0.2, -0.15) is 5.26 Å². The van der Waals surface area contributed by atoms with Gasteiger partial charge in [-0.15, -0.1) is 0 Å². The van der Waals surface area contributed by atoms with Gasteiger partial charge in [0.05, 0.1) is 18.0 Å². The third-order valence-corrected chi connectivity index (χ3v) is 6.87. The van der Waals surface area contributed by atoms with Crippen molar-refractivity contribution in [2.45, 2.75) is 38.5 Å². The van der Waals surface area contributed by atoms with Crippen molar-refractivity contribution in [2.75, 3.05) is 37.6 Å². The maximum Gasteiger partial charge on any atom is 0.410 e. The molecule has 1 saturated carbocycles. The molecule has 1 spiro atoms. The average Bonchev–Trinajstić information content (AvgIpc) is 2.76. The summed E-state index contributed by atoms with van der Waals surface area (Å²) in [7, 11) is 0. The zero-order valence-corrected chi connectivity index (χ0v) is 18.4. The lowest BCUT2D eigenvalue weighted by molar-refractivity contribution is -0.136. The zero-order valence-electron chi connectivity index (χ0n) is 18.4. The number of carbonyl (C=O) groups excluding carboxylic acids is 1. The van der Waals surface area contributed by atoms with Gasteiger partial charge in [-0.3, -0.25) is 4.90 Å². The van der Waals surface area contributed by atoms with Crippen LogP contribution >= 0.6 is 0 Å². The van der Waals surface area contributed by atoms with Crippen LogP contribution in [0.2, 0.25) is 0 Å². The Balaban J connectivity index is 1.06. The van der Waals surface area contributed by atoms with E-state index in [4.69, 9.17) is 10.00 Å². The quantitative estimate of drug-likeness (QED) is 0.734. The summed E-state index contributed by atoms with van der Waals surface area (Å²) in [4.78, 5) is 27.6. The number of amides is 1. The number of aromatic nitrogens is 2. The van der Waals surface area contributed by atoms with Crippen molar-refractivity contribution in [1.82, 2.24) is 19.8 Å². The maximum atomic E-state index is 12.8. The summed E-state index contributed by atoms with van der Waals surface area (Å²) in [6, 6.07) is 12.6. The highest BCUT2D eigenvalue weighted by molar-refractivity contribution is 5.69. The van der Waals surface area contributed by atoms with Crippen LogP contribution in [0.3, 0.4) is 0 Å². The van der Waals surface area contributed by atoms with E-state index in [1.807, 2.05) is 28.9 Å². The average molecular weight is 433 g/mol. The van der Waals surface area contributed by atoms with Gasteiger partial charge in [0.2, 0.25) is 5.95 Å². The van der Waals surface area contributed by atoms with Gasteiger partial charge in [-0.25, -0.2) is 14.8 Å². The molecule has 1 aromatic carbocycles. The Hall–Kier alpha value is -3.18. The molecule has 8 heteroatoms. The van der Waals surface area contributed by atoms with Crippen LogP contribution in [0.1, 0.15) is 30.9 Å². The lowest BCUT2D eigenvalue weighted by atomic mass is 9.61. The van der Waals surface area contributed by atoms with Crippen LogP contribution in [0.5, 0.6) is 0 Å². The first-order chi connectivity index (χ1) is 15.5. The highest BCUT2D eigenvalue weighted by Gasteiger charge is 2.53.